The summed E-state index contributed by atoms with van der Waals surface area (Å²) in [7, 11) is 0. The van der Waals surface area contributed by atoms with Crippen LogP contribution in [0.5, 0.6) is 0 Å². The second-order valence-corrected chi connectivity index (χ2v) is 5.16. The number of carbonyl (C=O) groups is 1. The molecule has 13 heavy (non-hydrogen) atoms. The number of ketones is 1. The van der Waals surface area contributed by atoms with Gasteiger partial charge in [0.15, 0.2) is 0 Å². The minimum absolute atomic E-state index is 0.527. The van der Waals surface area contributed by atoms with Gasteiger partial charge in [0, 0.05) is 12.3 Å². The molecule has 0 heterocycles. The van der Waals surface area contributed by atoms with Crippen molar-refractivity contribution in [3.05, 3.63) is 0 Å². The summed E-state index contributed by atoms with van der Waals surface area (Å²) in [6.45, 7) is 0. The molecule has 0 aromatic carbocycles. The molecule has 72 valence electrons. The van der Waals surface area contributed by atoms with Gasteiger partial charge in [0.1, 0.15) is 5.78 Å². The van der Waals surface area contributed by atoms with Crippen molar-refractivity contribution in [3.8, 4) is 0 Å². The number of carbonyl (C=O) groups excluding carboxylic acids is 1. The summed E-state index contributed by atoms with van der Waals surface area (Å²) in [6, 6.07) is 0. The number of hydrogen-bond donors (Lipinski definition) is 0. The van der Waals surface area contributed by atoms with Gasteiger partial charge in [-0.15, -0.1) is 0 Å². The van der Waals surface area contributed by atoms with Gasteiger partial charge in [-0.2, -0.15) is 0 Å². The molecule has 1 nitrogen and oxygen atoms in total. The van der Waals surface area contributed by atoms with Crippen LogP contribution in [0, 0.1) is 23.7 Å². The zero-order valence-electron chi connectivity index (χ0n) is 8.17. The molecule has 4 atom stereocenters. The third-order valence-corrected chi connectivity index (χ3v) is 4.68. The van der Waals surface area contributed by atoms with Crippen molar-refractivity contribution in [3.63, 3.8) is 0 Å². The molecule has 3 rings (SSSR count). The van der Waals surface area contributed by atoms with Gasteiger partial charge in [0.2, 0.25) is 0 Å². The van der Waals surface area contributed by atoms with Crippen LogP contribution >= 0.6 is 0 Å². The second-order valence-electron chi connectivity index (χ2n) is 5.16. The van der Waals surface area contributed by atoms with Gasteiger partial charge in [-0.05, 0) is 43.4 Å². The average molecular weight is 178 g/mol. The normalized spacial score (nSPS) is 49.1. The van der Waals surface area contributed by atoms with Gasteiger partial charge in [0.25, 0.3) is 0 Å². The maximum atomic E-state index is 11.7. The quantitative estimate of drug-likeness (QED) is 0.557. The summed E-state index contributed by atoms with van der Waals surface area (Å²) in [6.07, 6.45) is 9.04. The molecular weight excluding hydrogens is 160 g/mol. The minimum Gasteiger partial charge on any atom is -0.299 e. The molecular formula is C12H18O. The van der Waals surface area contributed by atoms with Crippen LogP contribution in [0.3, 0.4) is 0 Å². The van der Waals surface area contributed by atoms with Gasteiger partial charge in [0.05, 0.1) is 0 Å². The third kappa shape index (κ3) is 1.02. The van der Waals surface area contributed by atoms with Crippen molar-refractivity contribution in [1.29, 1.82) is 0 Å². The van der Waals surface area contributed by atoms with E-state index in [2.05, 4.69) is 0 Å². The van der Waals surface area contributed by atoms with Crippen LogP contribution in [-0.4, -0.2) is 5.78 Å². The van der Waals surface area contributed by atoms with Gasteiger partial charge in [-0.25, -0.2) is 0 Å². The standard InChI is InChI=1S/C12H18O/c13-11-7-3-6-10-8-4-1-2-5-9(8)12(10)11/h8-10,12H,1-7H2/t8-,9+,10+,12-/m1/s1. The van der Waals surface area contributed by atoms with Gasteiger partial charge in [-0.3, -0.25) is 4.79 Å². The van der Waals surface area contributed by atoms with E-state index in [0.29, 0.717) is 11.7 Å². The summed E-state index contributed by atoms with van der Waals surface area (Å²) in [4.78, 5) is 11.7. The topological polar surface area (TPSA) is 17.1 Å². The second kappa shape index (κ2) is 2.83. The lowest BCUT2D eigenvalue weighted by atomic mass is 9.48. The van der Waals surface area contributed by atoms with Crippen molar-refractivity contribution >= 4 is 5.78 Å². The maximum absolute atomic E-state index is 11.7. The van der Waals surface area contributed by atoms with Crippen molar-refractivity contribution in [2.45, 2.75) is 44.9 Å². The molecule has 3 fully saturated rings. The molecule has 0 amide bonds. The van der Waals surface area contributed by atoms with E-state index >= 15 is 0 Å². The highest BCUT2D eigenvalue weighted by atomic mass is 16.1. The Kier molecular flexibility index (Phi) is 1.75. The molecule has 3 aliphatic carbocycles. The predicted molar refractivity (Wildman–Crippen MR) is 51.3 cm³/mol. The van der Waals surface area contributed by atoms with Crippen molar-refractivity contribution in [2.75, 3.05) is 0 Å². The Morgan fingerprint density at radius 1 is 0.846 bits per heavy atom. The molecule has 3 saturated carbocycles. The molecule has 3 aliphatic rings. The lowest BCUT2D eigenvalue weighted by Gasteiger charge is -2.56. The van der Waals surface area contributed by atoms with Crippen LogP contribution in [0.15, 0.2) is 0 Å². The monoisotopic (exact) mass is 178 g/mol. The van der Waals surface area contributed by atoms with E-state index in [-0.39, 0.29) is 0 Å². The van der Waals surface area contributed by atoms with E-state index in [1.807, 2.05) is 0 Å². The first-order valence-electron chi connectivity index (χ1n) is 5.90. The lowest BCUT2D eigenvalue weighted by Crippen LogP contribution is -2.53. The van der Waals surface area contributed by atoms with Crippen LogP contribution < -0.4 is 0 Å². The Morgan fingerprint density at radius 2 is 1.46 bits per heavy atom. The minimum atomic E-state index is 0.527. The maximum Gasteiger partial charge on any atom is 0.136 e. The molecule has 0 N–H and O–H groups in total. The van der Waals surface area contributed by atoms with Gasteiger partial charge in [-0.1, -0.05) is 12.8 Å². The molecule has 0 aromatic heterocycles. The predicted octanol–water partition coefficient (Wildman–Crippen LogP) is 2.79. The number of fused-ring (bicyclic) bond motifs is 4. The summed E-state index contributed by atoms with van der Waals surface area (Å²) in [5.74, 6) is 3.75. The average Bonchev–Trinajstić information content (AvgIpc) is 2.14. The lowest BCUT2D eigenvalue weighted by molar-refractivity contribution is -0.148. The summed E-state index contributed by atoms with van der Waals surface area (Å²) in [5.41, 5.74) is 0. The first kappa shape index (κ1) is 8.02. The zero-order chi connectivity index (χ0) is 8.84. The van der Waals surface area contributed by atoms with Crippen LogP contribution in [-0.2, 0) is 4.79 Å². The van der Waals surface area contributed by atoms with Crippen molar-refractivity contribution < 1.29 is 4.79 Å². The van der Waals surface area contributed by atoms with E-state index in [0.717, 1.165) is 24.2 Å². The molecule has 0 aliphatic heterocycles. The summed E-state index contributed by atoms with van der Waals surface area (Å²) >= 11 is 0. The first-order chi connectivity index (χ1) is 6.38. The highest BCUT2D eigenvalue weighted by Crippen LogP contribution is 2.57. The Morgan fingerprint density at radius 3 is 2.23 bits per heavy atom. The molecule has 0 aromatic rings. The molecule has 0 bridgehead atoms. The van der Waals surface area contributed by atoms with Crippen LogP contribution in [0.2, 0.25) is 0 Å². The first-order valence-corrected chi connectivity index (χ1v) is 5.90. The highest BCUT2D eigenvalue weighted by molar-refractivity contribution is 5.83. The summed E-state index contributed by atoms with van der Waals surface area (Å²) < 4.78 is 0. The molecule has 0 spiro atoms. The van der Waals surface area contributed by atoms with Crippen LogP contribution in [0.25, 0.3) is 0 Å². The Balaban J connectivity index is 1.79. The Bertz CT molecular complexity index is 223. The molecule has 0 saturated heterocycles. The molecule has 0 radical (unpaired) electrons. The van der Waals surface area contributed by atoms with E-state index < -0.39 is 0 Å². The van der Waals surface area contributed by atoms with E-state index in [1.165, 1.54) is 38.5 Å². The van der Waals surface area contributed by atoms with Crippen LogP contribution in [0.1, 0.15) is 44.9 Å². The SMILES string of the molecule is O=C1CCC[C@H]2[C@@H]3CCCC[C@@H]3[C@@H]12. The van der Waals surface area contributed by atoms with Crippen LogP contribution in [0.4, 0.5) is 0 Å². The molecule has 1 heteroatoms. The van der Waals surface area contributed by atoms with E-state index in [1.54, 1.807) is 0 Å². The number of rotatable bonds is 0. The fourth-order valence-corrected chi connectivity index (χ4v) is 4.15. The molecule has 0 unspecified atom stereocenters. The fraction of sp³-hybridized carbons (Fsp3) is 0.917. The van der Waals surface area contributed by atoms with Gasteiger partial charge >= 0.3 is 0 Å². The fourth-order valence-electron chi connectivity index (χ4n) is 4.15. The number of Topliss-reactive ketones (excluding diaryl/α,β-unsaturated/α-hetero) is 1. The van der Waals surface area contributed by atoms with Gasteiger partial charge < -0.3 is 0 Å². The largest absolute Gasteiger partial charge is 0.299 e. The van der Waals surface area contributed by atoms with E-state index in [9.17, 15) is 4.79 Å². The third-order valence-electron chi connectivity index (χ3n) is 4.68. The zero-order valence-corrected chi connectivity index (χ0v) is 8.17. The van der Waals surface area contributed by atoms with Crippen molar-refractivity contribution in [1.82, 2.24) is 0 Å². The Hall–Kier alpha value is -0.330. The Labute approximate surface area is 79.9 Å². The highest BCUT2D eigenvalue weighted by Gasteiger charge is 2.54. The van der Waals surface area contributed by atoms with Crippen molar-refractivity contribution in [2.24, 2.45) is 23.7 Å². The summed E-state index contributed by atoms with van der Waals surface area (Å²) in [5, 5.41) is 0. The number of hydrogen-bond acceptors (Lipinski definition) is 1. The smallest absolute Gasteiger partial charge is 0.136 e. The van der Waals surface area contributed by atoms with E-state index in [4.69, 9.17) is 0 Å².